The second kappa shape index (κ2) is 8.00. The molecule has 30 heavy (non-hydrogen) atoms. The van der Waals surface area contributed by atoms with Gasteiger partial charge >= 0.3 is 0 Å². The Kier molecular flexibility index (Phi) is 5.55. The quantitative estimate of drug-likeness (QED) is 0.624. The van der Waals surface area contributed by atoms with Gasteiger partial charge in [-0.1, -0.05) is 31.4 Å². The third kappa shape index (κ3) is 3.81. The molecule has 3 aromatic rings. The summed E-state index contributed by atoms with van der Waals surface area (Å²) in [6, 6.07) is 6.60. The molecule has 0 saturated heterocycles. The fourth-order valence-corrected chi connectivity index (χ4v) is 5.08. The standard InChI is InChI=1S/C21H23ClN4O3S/c1-3-30(28,29)16-8-9-18(13(2)10-16)24-21-23-12-14-11-17(22)20(27)26(19(14)25-21)15-6-4-5-7-15/h8-12,15H,3-7H2,1-2H3,(H,23,24,25). The van der Waals surface area contributed by atoms with Crippen molar-refractivity contribution < 1.29 is 8.42 Å². The number of aromatic nitrogens is 3. The number of rotatable bonds is 5. The number of benzene rings is 1. The van der Waals surface area contributed by atoms with Gasteiger partial charge < -0.3 is 5.32 Å². The molecular formula is C21H23ClN4O3S. The van der Waals surface area contributed by atoms with E-state index in [2.05, 4.69) is 15.3 Å². The summed E-state index contributed by atoms with van der Waals surface area (Å²) in [5.74, 6) is 0.388. The van der Waals surface area contributed by atoms with Crippen LogP contribution in [0.5, 0.6) is 0 Å². The molecule has 7 nitrogen and oxygen atoms in total. The Hall–Kier alpha value is -2.45. The van der Waals surface area contributed by atoms with Gasteiger partial charge in [-0.05, 0) is 49.6 Å². The van der Waals surface area contributed by atoms with Crippen LogP contribution in [0, 0.1) is 6.92 Å². The SMILES string of the molecule is CCS(=O)(=O)c1ccc(Nc2ncc3cc(Cl)c(=O)n(C4CCCC4)c3n2)c(C)c1. The molecule has 0 atom stereocenters. The normalized spacial score (nSPS) is 15.0. The van der Waals surface area contributed by atoms with Gasteiger partial charge in [-0.3, -0.25) is 9.36 Å². The minimum absolute atomic E-state index is 0.0499. The molecule has 0 aliphatic heterocycles. The molecule has 0 unspecified atom stereocenters. The van der Waals surface area contributed by atoms with E-state index in [1.807, 2.05) is 6.92 Å². The predicted octanol–water partition coefficient (Wildman–Crippen LogP) is 4.41. The van der Waals surface area contributed by atoms with E-state index in [1.54, 1.807) is 42.0 Å². The Morgan fingerprint density at radius 1 is 1.23 bits per heavy atom. The molecule has 0 radical (unpaired) electrons. The second-order valence-corrected chi connectivity index (χ2v) is 10.3. The van der Waals surface area contributed by atoms with Crippen LogP contribution in [0.15, 0.2) is 40.2 Å². The zero-order valence-corrected chi connectivity index (χ0v) is 18.4. The molecule has 158 valence electrons. The summed E-state index contributed by atoms with van der Waals surface area (Å²) < 4.78 is 25.9. The number of fused-ring (bicyclic) bond motifs is 1. The number of sulfone groups is 1. The lowest BCUT2D eigenvalue weighted by atomic mass is 10.2. The number of nitrogens with zero attached hydrogens (tertiary/aromatic N) is 3. The van der Waals surface area contributed by atoms with Crippen molar-refractivity contribution in [3.8, 4) is 0 Å². The third-order valence-electron chi connectivity index (χ3n) is 5.60. The lowest BCUT2D eigenvalue weighted by Gasteiger charge is -2.17. The molecule has 1 saturated carbocycles. The zero-order valence-electron chi connectivity index (χ0n) is 16.9. The molecular weight excluding hydrogens is 424 g/mol. The number of pyridine rings is 1. The van der Waals surface area contributed by atoms with E-state index < -0.39 is 9.84 Å². The van der Waals surface area contributed by atoms with Crippen molar-refractivity contribution in [2.45, 2.75) is 50.5 Å². The van der Waals surface area contributed by atoms with E-state index in [1.165, 1.54) is 0 Å². The Morgan fingerprint density at radius 2 is 1.97 bits per heavy atom. The molecule has 9 heteroatoms. The predicted molar refractivity (Wildman–Crippen MR) is 119 cm³/mol. The van der Waals surface area contributed by atoms with Crippen molar-refractivity contribution in [2.75, 3.05) is 11.1 Å². The summed E-state index contributed by atoms with van der Waals surface area (Å²) in [4.78, 5) is 22.0. The number of aryl methyl sites for hydroxylation is 1. The molecule has 1 N–H and O–H groups in total. The number of hydrogen-bond donors (Lipinski definition) is 1. The van der Waals surface area contributed by atoms with Gasteiger partial charge in [0.05, 0.1) is 10.6 Å². The van der Waals surface area contributed by atoms with Crippen LogP contribution in [-0.4, -0.2) is 28.7 Å². The Morgan fingerprint density at radius 3 is 2.63 bits per heavy atom. The van der Waals surface area contributed by atoms with Crippen LogP contribution in [0.4, 0.5) is 11.6 Å². The smallest absolute Gasteiger partial charge is 0.271 e. The maximum atomic E-state index is 12.7. The summed E-state index contributed by atoms with van der Waals surface area (Å²) >= 11 is 6.17. The van der Waals surface area contributed by atoms with E-state index in [0.717, 1.165) is 31.2 Å². The van der Waals surface area contributed by atoms with Crippen molar-refractivity contribution in [1.29, 1.82) is 0 Å². The van der Waals surface area contributed by atoms with Gasteiger partial charge in [0.25, 0.3) is 5.56 Å². The van der Waals surface area contributed by atoms with Crippen molar-refractivity contribution >= 4 is 44.1 Å². The van der Waals surface area contributed by atoms with Crippen LogP contribution in [-0.2, 0) is 9.84 Å². The number of halogens is 1. The Bertz CT molecular complexity index is 1280. The highest BCUT2D eigenvalue weighted by molar-refractivity contribution is 7.91. The van der Waals surface area contributed by atoms with Crippen LogP contribution in [0.2, 0.25) is 5.02 Å². The first-order valence-corrected chi connectivity index (χ1v) is 12.0. The van der Waals surface area contributed by atoms with E-state index in [-0.39, 0.29) is 27.3 Å². The van der Waals surface area contributed by atoms with Gasteiger partial charge in [0, 0.05) is 23.3 Å². The van der Waals surface area contributed by atoms with Gasteiger partial charge in [-0.25, -0.2) is 13.4 Å². The topological polar surface area (TPSA) is 94.0 Å². The Labute approximate surface area is 180 Å². The maximum Gasteiger partial charge on any atom is 0.271 e. The molecule has 2 aromatic heterocycles. The first-order valence-electron chi connectivity index (χ1n) is 9.98. The molecule has 4 rings (SSSR count). The molecule has 1 aliphatic carbocycles. The molecule has 0 spiro atoms. The van der Waals surface area contributed by atoms with E-state index >= 15 is 0 Å². The summed E-state index contributed by atoms with van der Waals surface area (Å²) in [6.45, 7) is 3.45. The van der Waals surface area contributed by atoms with E-state index in [9.17, 15) is 13.2 Å². The summed E-state index contributed by atoms with van der Waals surface area (Å²) in [5.41, 5.74) is 1.79. The van der Waals surface area contributed by atoms with Crippen molar-refractivity contribution in [1.82, 2.24) is 14.5 Å². The van der Waals surface area contributed by atoms with Gasteiger partial charge in [0.1, 0.15) is 10.7 Å². The zero-order chi connectivity index (χ0) is 21.5. The van der Waals surface area contributed by atoms with Crippen molar-refractivity contribution in [3.05, 3.63) is 51.4 Å². The average Bonchev–Trinajstić information content (AvgIpc) is 3.25. The summed E-state index contributed by atoms with van der Waals surface area (Å²) in [5, 5.41) is 4.02. The maximum absolute atomic E-state index is 12.7. The van der Waals surface area contributed by atoms with E-state index in [4.69, 9.17) is 11.6 Å². The average molecular weight is 447 g/mol. The highest BCUT2D eigenvalue weighted by Gasteiger charge is 2.22. The largest absolute Gasteiger partial charge is 0.324 e. The van der Waals surface area contributed by atoms with E-state index in [0.29, 0.717) is 22.7 Å². The first kappa shape index (κ1) is 20.8. The fraction of sp³-hybridized carbons (Fsp3) is 0.381. The van der Waals surface area contributed by atoms with Gasteiger partial charge in [0.15, 0.2) is 9.84 Å². The highest BCUT2D eigenvalue weighted by Crippen LogP contribution is 2.31. The van der Waals surface area contributed by atoms with Crippen molar-refractivity contribution in [3.63, 3.8) is 0 Å². The second-order valence-electron chi connectivity index (χ2n) is 7.58. The number of nitrogens with one attached hydrogen (secondary N) is 1. The molecule has 1 aliphatic rings. The van der Waals surface area contributed by atoms with Gasteiger partial charge in [-0.2, -0.15) is 4.98 Å². The van der Waals surface area contributed by atoms with Crippen LogP contribution >= 0.6 is 11.6 Å². The van der Waals surface area contributed by atoms with Crippen LogP contribution < -0.4 is 10.9 Å². The highest BCUT2D eigenvalue weighted by atomic mass is 35.5. The fourth-order valence-electron chi connectivity index (χ4n) is 3.90. The lowest BCUT2D eigenvalue weighted by molar-refractivity contribution is 0.516. The van der Waals surface area contributed by atoms with Crippen LogP contribution in [0.25, 0.3) is 11.0 Å². The number of hydrogen-bond acceptors (Lipinski definition) is 6. The number of anilines is 2. The molecule has 0 bridgehead atoms. The van der Waals surface area contributed by atoms with Crippen molar-refractivity contribution in [2.24, 2.45) is 0 Å². The van der Waals surface area contributed by atoms with Gasteiger partial charge in [0.2, 0.25) is 5.95 Å². The lowest BCUT2D eigenvalue weighted by Crippen LogP contribution is -2.25. The molecule has 1 fully saturated rings. The van der Waals surface area contributed by atoms with Crippen LogP contribution in [0.1, 0.15) is 44.2 Å². The monoisotopic (exact) mass is 446 g/mol. The van der Waals surface area contributed by atoms with Gasteiger partial charge in [-0.15, -0.1) is 0 Å². The molecule has 1 aromatic carbocycles. The molecule has 2 heterocycles. The van der Waals surface area contributed by atoms with Crippen LogP contribution in [0.3, 0.4) is 0 Å². The summed E-state index contributed by atoms with van der Waals surface area (Å²) in [7, 11) is -3.27. The summed E-state index contributed by atoms with van der Waals surface area (Å²) in [6.07, 6.45) is 5.65. The third-order valence-corrected chi connectivity index (χ3v) is 7.61. The first-order chi connectivity index (χ1) is 14.3. The minimum atomic E-state index is -3.27. The molecule has 0 amide bonds. The minimum Gasteiger partial charge on any atom is -0.324 e. The Balaban J connectivity index is 1.75.